The fraction of sp³-hybridized carbons (Fsp3) is 0.467. The largest absolute Gasteiger partial charge is 0.460 e. The molecule has 1 aromatic carbocycles. The molecule has 0 bridgehead atoms. The van der Waals surface area contributed by atoms with Crippen molar-refractivity contribution in [2.45, 2.75) is 45.8 Å². The van der Waals surface area contributed by atoms with Gasteiger partial charge in [-0.2, -0.15) is 0 Å². The number of carbonyl (C=O) groups is 2. The van der Waals surface area contributed by atoms with Crippen LogP contribution in [0.15, 0.2) is 24.3 Å². The Kier molecular flexibility index (Phi) is 6.02. The fourth-order valence-corrected chi connectivity index (χ4v) is 1.73. The van der Waals surface area contributed by atoms with E-state index in [4.69, 9.17) is 16.3 Å². The third-order valence-electron chi connectivity index (χ3n) is 2.41. The lowest BCUT2D eigenvalue weighted by molar-refractivity contribution is -0.155. The van der Waals surface area contributed by atoms with Crippen LogP contribution in [0.3, 0.4) is 0 Å². The number of benzene rings is 1. The Labute approximate surface area is 124 Å². The van der Waals surface area contributed by atoms with Crippen molar-refractivity contribution < 1.29 is 14.3 Å². The first kappa shape index (κ1) is 16.5. The molecule has 0 radical (unpaired) electrons. The summed E-state index contributed by atoms with van der Waals surface area (Å²) in [5, 5.41) is 3.34. The highest BCUT2D eigenvalue weighted by Gasteiger charge is 2.17. The van der Waals surface area contributed by atoms with Gasteiger partial charge in [0.05, 0.1) is 6.42 Å². The molecule has 0 aliphatic carbocycles. The third kappa shape index (κ3) is 6.57. The van der Waals surface area contributed by atoms with Gasteiger partial charge in [-0.1, -0.05) is 29.8 Å². The molecule has 0 unspecified atom stereocenters. The third-order valence-corrected chi connectivity index (χ3v) is 2.78. The van der Waals surface area contributed by atoms with Crippen molar-refractivity contribution in [2.75, 3.05) is 0 Å². The summed E-state index contributed by atoms with van der Waals surface area (Å²) in [5.74, 6) is -0.568. The molecule has 0 aromatic heterocycles. The average Bonchev–Trinajstić information content (AvgIpc) is 2.33. The summed E-state index contributed by atoms with van der Waals surface area (Å²) in [6.07, 6.45) is 0.186. The number of carbonyl (C=O) groups excluding carboxylic acids is 2. The van der Waals surface area contributed by atoms with Crippen molar-refractivity contribution in [3.8, 4) is 0 Å². The van der Waals surface area contributed by atoms with Crippen LogP contribution in [-0.4, -0.2) is 17.5 Å². The van der Waals surface area contributed by atoms with Gasteiger partial charge in [0, 0.05) is 18.0 Å². The van der Waals surface area contributed by atoms with E-state index in [1.165, 1.54) is 0 Å². The zero-order valence-electron chi connectivity index (χ0n) is 12.0. The van der Waals surface area contributed by atoms with Gasteiger partial charge in [-0.15, -0.1) is 0 Å². The summed E-state index contributed by atoms with van der Waals surface area (Å²) in [7, 11) is 0. The van der Waals surface area contributed by atoms with Crippen LogP contribution in [0, 0.1) is 0 Å². The summed E-state index contributed by atoms with van der Waals surface area (Å²) >= 11 is 5.98. The second-order valence-corrected chi connectivity index (χ2v) is 5.86. The Morgan fingerprint density at radius 3 is 2.45 bits per heavy atom. The van der Waals surface area contributed by atoms with Gasteiger partial charge in [-0.3, -0.25) is 9.59 Å². The van der Waals surface area contributed by atoms with E-state index in [1.807, 2.05) is 18.2 Å². The first-order valence-corrected chi connectivity index (χ1v) is 6.88. The maximum Gasteiger partial charge on any atom is 0.306 e. The van der Waals surface area contributed by atoms with Gasteiger partial charge in [-0.05, 0) is 32.4 Å². The minimum absolute atomic E-state index is 0.0750. The van der Waals surface area contributed by atoms with E-state index in [0.29, 0.717) is 11.6 Å². The Bertz CT molecular complexity index is 480. The van der Waals surface area contributed by atoms with Crippen molar-refractivity contribution in [3.63, 3.8) is 0 Å². The number of amides is 1. The van der Waals surface area contributed by atoms with E-state index in [-0.39, 0.29) is 24.7 Å². The number of nitrogens with one attached hydrogen (secondary N) is 1. The number of halogens is 1. The highest BCUT2D eigenvalue weighted by Crippen LogP contribution is 2.14. The molecule has 5 heteroatoms. The van der Waals surface area contributed by atoms with Crippen molar-refractivity contribution in [2.24, 2.45) is 0 Å². The molecule has 1 rings (SSSR count). The molecule has 0 saturated heterocycles. The highest BCUT2D eigenvalue weighted by atomic mass is 35.5. The molecule has 1 amide bonds. The maximum atomic E-state index is 11.6. The van der Waals surface area contributed by atoms with Crippen LogP contribution < -0.4 is 5.32 Å². The molecule has 0 spiro atoms. The number of rotatable bonds is 5. The van der Waals surface area contributed by atoms with E-state index in [9.17, 15) is 9.59 Å². The molecule has 1 aromatic rings. The van der Waals surface area contributed by atoms with Crippen molar-refractivity contribution in [1.82, 2.24) is 5.32 Å². The molecule has 0 atom stereocenters. The number of esters is 1. The molecule has 1 N–H and O–H groups in total. The molecule has 0 aliphatic heterocycles. The van der Waals surface area contributed by atoms with Crippen LogP contribution in [0.5, 0.6) is 0 Å². The molecular formula is C15H20ClNO3. The van der Waals surface area contributed by atoms with E-state index in [2.05, 4.69) is 5.32 Å². The normalized spacial score (nSPS) is 11.0. The molecule has 0 heterocycles. The summed E-state index contributed by atoms with van der Waals surface area (Å²) in [4.78, 5) is 23.1. The first-order valence-electron chi connectivity index (χ1n) is 6.50. The average molecular weight is 298 g/mol. The Hall–Kier alpha value is -1.55. The van der Waals surface area contributed by atoms with Crippen molar-refractivity contribution in [1.29, 1.82) is 0 Å². The van der Waals surface area contributed by atoms with Gasteiger partial charge in [0.15, 0.2) is 0 Å². The fourth-order valence-electron chi connectivity index (χ4n) is 1.53. The van der Waals surface area contributed by atoms with Crippen LogP contribution in [-0.2, 0) is 20.9 Å². The Balaban J connectivity index is 2.31. The zero-order valence-corrected chi connectivity index (χ0v) is 12.8. The molecule has 110 valence electrons. The summed E-state index contributed by atoms with van der Waals surface area (Å²) in [6.45, 7) is 5.74. The molecule has 0 saturated carbocycles. The number of hydrogen-bond acceptors (Lipinski definition) is 3. The van der Waals surface area contributed by atoms with E-state index >= 15 is 0 Å². The maximum absolute atomic E-state index is 11.6. The lowest BCUT2D eigenvalue weighted by Crippen LogP contribution is -2.27. The van der Waals surface area contributed by atoms with E-state index in [0.717, 1.165) is 5.56 Å². The number of hydrogen-bond donors (Lipinski definition) is 1. The summed E-state index contributed by atoms with van der Waals surface area (Å²) < 4.78 is 5.13. The SMILES string of the molecule is CC(C)(C)OC(=O)CCC(=O)NCc1ccccc1Cl. The minimum Gasteiger partial charge on any atom is -0.460 e. The van der Waals surface area contributed by atoms with Gasteiger partial charge >= 0.3 is 5.97 Å². The lowest BCUT2D eigenvalue weighted by atomic mass is 10.2. The van der Waals surface area contributed by atoms with Gasteiger partial charge in [0.2, 0.25) is 5.91 Å². The smallest absolute Gasteiger partial charge is 0.306 e. The van der Waals surface area contributed by atoms with Gasteiger partial charge in [0.25, 0.3) is 0 Å². The second-order valence-electron chi connectivity index (χ2n) is 5.45. The van der Waals surface area contributed by atoms with Crippen molar-refractivity contribution >= 4 is 23.5 Å². The van der Waals surface area contributed by atoms with Gasteiger partial charge in [-0.25, -0.2) is 0 Å². The van der Waals surface area contributed by atoms with Crippen LogP contribution in [0.25, 0.3) is 0 Å². The van der Waals surface area contributed by atoms with Crippen molar-refractivity contribution in [3.05, 3.63) is 34.9 Å². The Morgan fingerprint density at radius 1 is 1.20 bits per heavy atom. The van der Waals surface area contributed by atoms with E-state index < -0.39 is 5.60 Å². The number of ether oxygens (including phenoxy) is 1. The quantitative estimate of drug-likeness (QED) is 0.850. The molecule has 0 fully saturated rings. The van der Waals surface area contributed by atoms with E-state index in [1.54, 1.807) is 26.8 Å². The minimum atomic E-state index is -0.523. The molecular weight excluding hydrogens is 278 g/mol. The topological polar surface area (TPSA) is 55.4 Å². The predicted molar refractivity (Wildman–Crippen MR) is 78.4 cm³/mol. The zero-order chi connectivity index (χ0) is 15.2. The summed E-state index contributed by atoms with van der Waals surface area (Å²) in [5.41, 5.74) is 0.324. The van der Waals surface area contributed by atoms with Crippen LogP contribution in [0.1, 0.15) is 39.2 Å². The van der Waals surface area contributed by atoms with Crippen LogP contribution in [0.4, 0.5) is 0 Å². The van der Waals surface area contributed by atoms with Crippen LogP contribution in [0.2, 0.25) is 5.02 Å². The molecule has 20 heavy (non-hydrogen) atoms. The lowest BCUT2D eigenvalue weighted by Gasteiger charge is -2.19. The predicted octanol–water partition coefficient (Wildman–Crippen LogP) is 3.08. The Morgan fingerprint density at radius 2 is 1.85 bits per heavy atom. The monoisotopic (exact) mass is 297 g/mol. The highest BCUT2D eigenvalue weighted by molar-refractivity contribution is 6.31. The van der Waals surface area contributed by atoms with Gasteiger partial charge in [0.1, 0.15) is 5.60 Å². The first-order chi connectivity index (χ1) is 9.28. The molecule has 0 aliphatic rings. The van der Waals surface area contributed by atoms with Crippen LogP contribution >= 0.6 is 11.6 Å². The standard InChI is InChI=1S/C15H20ClNO3/c1-15(2,3)20-14(19)9-8-13(18)17-10-11-6-4-5-7-12(11)16/h4-7H,8-10H2,1-3H3,(H,17,18). The summed E-state index contributed by atoms with van der Waals surface area (Å²) in [6, 6.07) is 7.30. The van der Waals surface area contributed by atoms with Gasteiger partial charge < -0.3 is 10.1 Å². The second kappa shape index (κ2) is 7.29. The molecule has 4 nitrogen and oxygen atoms in total.